The first-order chi connectivity index (χ1) is 28.2. The summed E-state index contributed by atoms with van der Waals surface area (Å²) >= 11 is 0. The predicted molar refractivity (Wildman–Crippen MR) is 231 cm³/mol. The second-order valence-electron chi connectivity index (χ2n) is 14.7. The number of carbonyl (C=O) groups is 2. The Morgan fingerprint density at radius 3 is 1.86 bits per heavy atom. The Balaban J connectivity index is 4.69. The molecule has 0 heterocycles. The fourth-order valence-electron chi connectivity index (χ4n) is 5.38. The van der Waals surface area contributed by atoms with Gasteiger partial charge in [0.15, 0.2) is 6.10 Å². The van der Waals surface area contributed by atoms with E-state index in [0.29, 0.717) is 32.1 Å². The molecule has 3 unspecified atom stereocenters. The van der Waals surface area contributed by atoms with Gasteiger partial charge in [0.05, 0.1) is 25.9 Å². The Morgan fingerprint density at radius 1 is 0.627 bits per heavy atom. The van der Waals surface area contributed by atoms with Gasteiger partial charge in [-0.05, 0) is 50.9 Å². The molecule has 0 aromatic rings. The third-order valence-corrected chi connectivity index (χ3v) is 10.5. The largest absolute Gasteiger partial charge is 0.472 e. The number of ether oxygens (including phenoxy) is 2. The Labute approximate surface area is 354 Å². The number of phosphoric ester groups is 2. The van der Waals surface area contributed by atoms with Gasteiger partial charge in [-0.2, -0.15) is 0 Å². The first-order valence-corrected chi connectivity index (χ1v) is 24.5. The highest BCUT2D eigenvalue weighted by molar-refractivity contribution is 7.47. The van der Waals surface area contributed by atoms with Crippen molar-refractivity contribution in [3.8, 4) is 0 Å². The van der Waals surface area contributed by atoms with Crippen molar-refractivity contribution in [2.24, 2.45) is 5.92 Å². The number of aliphatic hydroxyl groups excluding tert-OH is 2. The number of allylic oxidation sites excluding steroid dienone is 8. The first kappa shape index (κ1) is 56.8. The van der Waals surface area contributed by atoms with Crippen LogP contribution in [0.15, 0.2) is 60.8 Å². The van der Waals surface area contributed by atoms with E-state index < -0.39 is 72.3 Å². The maximum Gasteiger partial charge on any atom is 0.472 e. The molecular weight excluding hydrogens is 802 g/mol. The first-order valence-electron chi connectivity index (χ1n) is 21.5. The molecule has 0 saturated heterocycles. The molecule has 0 radical (unpaired) electrons. The van der Waals surface area contributed by atoms with Gasteiger partial charge >= 0.3 is 27.6 Å². The van der Waals surface area contributed by atoms with Gasteiger partial charge in [-0.25, -0.2) is 9.13 Å². The molecule has 0 aliphatic carbocycles. The number of esters is 2. The van der Waals surface area contributed by atoms with Crippen LogP contribution in [0.4, 0.5) is 0 Å². The number of unbranched alkanes of at least 4 members (excludes halogenated alkanes) is 10. The van der Waals surface area contributed by atoms with E-state index in [-0.39, 0.29) is 12.8 Å². The van der Waals surface area contributed by atoms with Gasteiger partial charge in [0.2, 0.25) is 0 Å². The maximum absolute atomic E-state index is 12.6. The van der Waals surface area contributed by atoms with Crippen LogP contribution in [-0.4, -0.2) is 81.6 Å². The lowest BCUT2D eigenvalue weighted by Crippen LogP contribution is -2.30. The topological polar surface area (TPSA) is 216 Å². The van der Waals surface area contributed by atoms with Crippen molar-refractivity contribution in [1.29, 1.82) is 0 Å². The smallest absolute Gasteiger partial charge is 0.462 e. The van der Waals surface area contributed by atoms with Crippen molar-refractivity contribution in [3.63, 3.8) is 0 Å². The number of carbonyl (C=O) groups excluding carboxylic acids is 2. The van der Waals surface area contributed by atoms with Gasteiger partial charge in [0, 0.05) is 12.8 Å². The molecule has 0 bridgehead atoms. The summed E-state index contributed by atoms with van der Waals surface area (Å²) in [5, 5.41) is 19.7. The summed E-state index contributed by atoms with van der Waals surface area (Å²) in [5.41, 5.74) is 0. The number of hydrogen-bond donors (Lipinski definition) is 5. The fraction of sp³-hybridized carbons (Fsp3) is 0.721. The van der Waals surface area contributed by atoms with E-state index in [4.69, 9.17) is 23.8 Å². The average Bonchev–Trinajstić information content (AvgIpc) is 3.19. The Kier molecular flexibility index (Phi) is 36.1. The van der Waals surface area contributed by atoms with Crippen LogP contribution in [0.1, 0.15) is 149 Å². The van der Waals surface area contributed by atoms with Crippen LogP contribution in [0.3, 0.4) is 0 Å². The van der Waals surface area contributed by atoms with Gasteiger partial charge in [-0.15, -0.1) is 0 Å². The highest BCUT2D eigenvalue weighted by Gasteiger charge is 2.28. The molecule has 16 heteroatoms. The molecule has 14 nitrogen and oxygen atoms in total. The second kappa shape index (κ2) is 37.5. The van der Waals surface area contributed by atoms with E-state index in [2.05, 4.69) is 42.0 Å². The normalized spacial score (nSPS) is 15.7. The lowest BCUT2D eigenvalue weighted by molar-refractivity contribution is -0.161. The minimum atomic E-state index is -4.88. The minimum Gasteiger partial charge on any atom is -0.462 e. The zero-order valence-electron chi connectivity index (χ0n) is 35.9. The van der Waals surface area contributed by atoms with E-state index in [9.17, 15) is 33.8 Å². The molecule has 0 aromatic heterocycles. The molecule has 5 atom stereocenters. The fourth-order valence-corrected chi connectivity index (χ4v) is 6.54. The van der Waals surface area contributed by atoms with E-state index in [0.717, 1.165) is 44.4 Å². The molecule has 0 saturated carbocycles. The van der Waals surface area contributed by atoms with Crippen molar-refractivity contribution in [3.05, 3.63) is 60.8 Å². The van der Waals surface area contributed by atoms with Crippen LogP contribution < -0.4 is 0 Å². The van der Waals surface area contributed by atoms with Crippen molar-refractivity contribution < 1.29 is 66.7 Å². The second-order valence-corrected chi connectivity index (χ2v) is 17.4. The average molecular weight is 879 g/mol. The van der Waals surface area contributed by atoms with Gasteiger partial charge in [-0.1, -0.05) is 152 Å². The Bertz CT molecular complexity index is 1310. The van der Waals surface area contributed by atoms with Crippen molar-refractivity contribution in [2.75, 3.05) is 26.4 Å². The molecule has 0 aliphatic rings. The van der Waals surface area contributed by atoms with Crippen molar-refractivity contribution in [1.82, 2.24) is 0 Å². The van der Waals surface area contributed by atoms with Crippen LogP contribution in [-0.2, 0) is 41.8 Å². The van der Waals surface area contributed by atoms with Gasteiger partial charge in [0.1, 0.15) is 12.7 Å². The summed E-state index contributed by atoms with van der Waals surface area (Å²) in [5.74, 6) is -0.331. The zero-order chi connectivity index (χ0) is 44.0. The summed E-state index contributed by atoms with van der Waals surface area (Å²) in [6, 6.07) is 0. The highest BCUT2D eigenvalue weighted by Crippen LogP contribution is 2.43. The van der Waals surface area contributed by atoms with Crippen LogP contribution >= 0.6 is 15.6 Å². The number of phosphoric acid groups is 2. The van der Waals surface area contributed by atoms with E-state index in [1.165, 1.54) is 44.9 Å². The summed E-state index contributed by atoms with van der Waals surface area (Å²) in [6.45, 7) is 3.80. The van der Waals surface area contributed by atoms with Crippen molar-refractivity contribution >= 4 is 27.6 Å². The summed E-state index contributed by atoms with van der Waals surface area (Å²) in [4.78, 5) is 52.6. The quantitative estimate of drug-likeness (QED) is 0.0128. The molecule has 0 amide bonds. The minimum absolute atomic E-state index is 0.0834. The molecule has 0 rings (SSSR count). The Hall–Kier alpha value is -2.22. The number of rotatable bonds is 39. The van der Waals surface area contributed by atoms with Crippen LogP contribution in [0, 0.1) is 5.92 Å². The van der Waals surface area contributed by atoms with Gasteiger partial charge in [-0.3, -0.25) is 23.2 Å². The SMILES string of the molecule is CC/C=C\C/C=C\CC(O)/C=C/C=C\C/C=C\CCCC(=O)OC[C@H](COP(=O)(O)OC[C@@H](O)COP(=O)(O)O)OC(=O)CCCCCCCCCCCCC(C)CC. The van der Waals surface area contributed by atoms with E-state index in [1.54, 1.807) is 12.2 Å². The van der Waals surface area contributed by atoms with Crippen LogP contribution in [0.25, 0.3) is 0 Å². The predicted octanol–water partition coefficient (Wildman–Crippen LogP) is 9.67. The number of aliphatic hydroxyl groups is 2. The number of hydrogen-bond acceptors (Lipinski definition) is 11. The van der Waals surface area contributed by atoms with Gasteiger partial charge < -0.3 is 34.4 Å². The Morgan fingerprint density at radius 2 is 1.20 bits per heavy atom. The van der Waals surface area contributed by atoms with Crippen molar-refractivity contribution in [2.45, 2.75) is 167 Å². The third kappa shape index (κ3) is 40.9. The molecule has 59 heavy (non-hydrogen) atoms. The molecule has 342 valence electrons. The molecule has 0 aliphatic heterocycles. The summed E-state index contributed by atoms with van der Waals surface area (Å²) in [7, 11) is -9.71. The lowest BCUT2D eigenvalue weighted by atomic mass is 9.99. The lowest BCUT2D eigenvalue weighted by Gasteiger charge is -2.20. The maximum atomic E-state index is 12.6. The molecule has 0 spiro atoms. The summed E-state index contributed by atoms with van der Waals surface area (Å²) < 4.78 is 47.7. The highest BCUT2D eigenvalue weighted by atomic mass is 31.2. The van der Waals surface area contributed by atoms with Crippen LogP contribution in [0.2, 0.25) is 0 Å². The third-order valence-electron chi connectivity index (χ3n) is 9.03. The molecule has 0 aromatic carbocycles. The summed E-state index contributed by atoms with van der Waals surface area (Å²) in [6.07, 6.45) is 34.0. The van der Waals surface area contributed by atoms with E-state index in [1.807, 2.05) is 36.5 Å². The zero-order valence-corrected chi connectivity index (χ0v) is 37.6. The molecular formula is C43H76O14P2. The molecule has 5 N–H and O–H groups in total. The standard InChI is InChI=1S/C43H76O14P2/c1-4-6-7-8-20-25-30-39(44)31-26-21-16-13-14-17-22-27-32-42(46)53-36-41(37-56-59(51,52)55-35-40(45)34-54-58(48,49)50)57-43(47)33-28-23-18-12-10-9-11-15-19-24-29-38(3)5-2/h6-7,14,16-17,20-21,25-26,31,38-41,44-45H,4-5,8-13,15,18-19,22-24,27-30,32-37H2,1-3H3,(H,51,52)(H2,48,49,50)/b7-6-,17-14-,21-16-,25-20-,31-26+/t38?,39?,40-,41+/m0/s1. The monoisotopic (exact) mass is 878 g/mol. The van der Waals surface area contributed by atoms with Crippen LogP contribution in [0.5, 0.6) is 0 Å². The van der Waals surface area contributed by atoms with Gasteiger partial charge in [0.25, 0.3) is 0 Å². The molecule has 0 fully saturated rings. The van der Waals surface area contributed by atoms with E-state index >= 15 is 0 Å².